The van der Waals surface area contributed by atoms with Gasteiger partial charge in [-0.2, -0.15) is 0 Å². The Labute approximate surface area is 272 Å². The molecule has 0 aliphatic heterocycles. The summed E-state index contributed by atoms with van der Waals surface area (Å²) in [6.45, 7) is 17.7. The van der Waals surface area contributed by atoms with Gasteiger partial charge in [-0.25, -0.2) is 4.79 Å². The molecule has 7 nitrogen and oxygen atoms in total. The van der Waals surface area contributed by atoms with Crippen molar-refractivity contribution in [2.24, 2.45) is 0 Å². The Morgan fingerprint density at radius 1 is 0.500 bits per heavy atom. The molecule has 0 aromatic heterocycles. The van der Waals surface area contributed by atoms with Gasteiger partial charge in [0, 0.05) is 5.57 Å². The van der Waals surface area contributed by atoms with Crippen molar-refractivity contribution < 1.29 is 33.0 Å². The van der Waals surface area contributed by atoms with Gasteiger partial charge in [0.05, 0.1) is 33.0 Å². The van der Waals surface area contributed by atoms with Crippen LogP contribution in [0.2, 0.25) is 0 Å². The lowest BCUT2D eigenvalue weighted by Crippen LogP contribution is -2.61. The van der Waals surface area contributed by atoms with E-state index in [0.29, 0.717) is 19.8 Å². The largest absolute Gasteiger partial charge is 0.495 e. The van der Waals surface area contributed by atoms with E-state index in [2.05, 4.69) is 41.2 Å². The minimum Gasteiger partial charge on any atom is -0.319 e. The van der Waals surface area contributed by atoms with Gasteiger partial charge in [-0.15, -0.1) is 0 Å². The van der Waals surface area contributed by atoms with E-state index in [-0.39, 0.29) is 18.8 Å². The zero-order valence-corrected chi connectivity index (χ0v) is 30.6. The fourth-order valence-electron chi connectivity index (χ4n) is 4.85. The highest BCUT2D eigenvalue weighted by molar-refractivity contribution is 7.65. The van der Waals surface area contributed by atoms with Crippen LogP contribution < -0.4 is 0 Å². The van der Waals surface area contributed by atoms with Crippen molar-refractivity contribution in [2.75, 3.05) is 33.0 Å². The number of ether oxygens (including phenoxy) is 5. The number of carbonyl (C=O) groups is 1. The van der Waals surface area contributed by atoms with Crippen molar-refractivity contribution in [3.05, 3.63) is 12.2 Å². The topological polar surface area (TPSA) is 80.3 Å². The summed E-state index contributed by atoms with van der Waals surface area (Å²) in [5.74, 6) is -1.95. The van der Waals surface area contributed by atoms with Crippen LogP contribution in [0.5, 0.6) is 0 Å². The van der Waals surface area contributed by atoms with Crippen molar-refractivity contribution in [1.82, 2.24) is 0 Å². The number of carbonyl (C=O) groups excluding carboxylic acids is 1. The summed E-state index contributed by atoms with van der Waals surface area (Å²) in [6.07, 6.45) is 19.5. The highest BCUT2D eigenvalue weighted by atomic mass is 31.1. The van der Waals surface area contributed by atoms with E-state index < -0.39 is 24.8 Å². The van der Waals surface area contributed by atoms with Crippen LogP contribution in [0.25, 0.3) is 0 Å². The second-order valence-corrected chi connectivity index (χ2v) is 13.6. The van der Waals surface area contributed by atoms with Crippen LogP contribution in [-0.4, -0.2) is 50.1 Å². The summed E-state index contributed by atoms with van der Waals surface area (Å²) in [4.78, 5) is 13.5. The molecule has 0 rings (SSSR count). The molecule has 260 valence electrons. The molecule has 0 fully saturated rings. The maximum Gasteiger partial charge on any atom is 0.495 e. The van der Waals surface area contributed by atoms with E-state index in [9.17, 15) is 9.36 Å². The van der Waals surface area contributed by atoms with Crippen LogP contribution >= 0.6 is 7.80 Å². The van der Waals surface area contributed by atoms with Crippen LogP contribution in [0, 0.1) is 0 Å². The van der Waals surface area contributed by atoms with Gasteiger partial charge in [0.2, 0.25) is 0 Å². The molecular weight excluding hydrogens is 575 g/mol. The molecule has 0 bridgehead atoms. The molecular formula is C36H70O7P+. The van der Waals surface area contributed by atoms with Crippen LogP contribution in [0.4, 0.5) is 0 Å². The van der Waals surface area contributed by atoms with Gasteiger partial charge < -0.3 is 23.7 Å². The van der Waals surface area contributed by atoms with E-state index in [1.165, 1.54) is 0 Å². The van der Waals surface area contributed by atoms with Gasteiger partial charge in [-0.05, 0) is 39.0 Å². The van der Waals surface area contributed by atoms with Crippen LogP contribution in [-0.2, 0) is 33.0 Å². The second-order valence-electron chi connectivity index (χ2n) is 12.1. The molecule has 0 radical (unpaired) electrons. The molecule has 0 N–H and O–H groups in total. The predicted molar refractivity (Wildman–Crippen MR) is 183 cm³/mol. The summed E-state index contributed by atoms with van der Waals surface area (Å²) in [7, 11) is -2.86. The van der Waals surface area contributed by atoms with Gasteiger partial charge in [0.25, 0.3) is 0 Å². The zero-order valence-electron chi connectivity index (χ0n) is 29.7. The molecule has 1 unspecified atom stereocenters. The molecule has 0 aliphatic carbocycles. The summed E-state index contributed by atoms with van der Waals surface area (Å²) in [5, 5.41) is 0. The third-order valence-corrected chi connectivity index (χ3v) is 9.48. The van der Waals surface area contributed by atoms with E-state index in [4.69, 9.17) is 23.7 Å². The quantitative estimate of drug-likeness (QED) is 0.0298. The third kappa shape index (κ3) is 17.3. The van der Waals surface area contributed by atoms with E-state index >= 15 is 0 Å². The Balaban J connectivity index is 6.86. The van der Waals surface area contributed by atoms with Crippen LogP contribution in [0.1, 0.15) is 170 Å². The third-order valence-electron chi connectivity index (χ3n) is 7.66. The van der Waals surface area contributed by atoms with Gasteiger partial charge >= 0.3 is 24.8 Å². The molecule has 0 amide bonds. The Hall–Kier alpha value is -0.690. The first kappa shape index (κ1) is 43.3. The first-order chi connectivity index (χ1) is 21.3. The summed E-state index contributed by atoms with van der Waals surface area (Å²) < 4.78 is 47.5. The first-order valence-electron chi connectivity index (χ1n) is 18.2. The number of allylic oxidation sites excluding steroid dienone is 1. The average molecular weight is 646 g/mol. The lowest BCUT2D eigenvalue weighted by atomic mass is 10.2. The SMILES string of the molecule is C=C(C)C(=O)[P+](=O)C(OCCCCCC)(OCCCCCC)C(OCCCCCC)(OCCCCCC)OCCCCCC. The van der Waals surface area contributed by atoms with Crippen molar-refractivity contribution in [2.45, 2.75) is 181 Å². The molecule has 0 aromatic carbocycles. The van der Waals surface area contributed by atoms with Crippen LogP contribution in [0.3, 0.4) is 0 Å². The smallest absolute Gasteiger partial charge is 0.319 e. The Morgan fingerprint density at radius 2 is 0.773 bits per heavy atom. The fraction of sp³-hybridized carbons (Fsp3) is 0.917. The Bertz CT molecular complexity index is 677. The monoisotopic (exact) mass is 645 g/mol. The maximum atomic E-state index is 14.5. The zero-order chi connectivity index (χ0) is 32.9. The van der Waals surface area contributed by atoms with Gasteiger partial charge in [0.1, 0.15) is 0 Å². The summed E-state index contributed by atoms with van der Waals surface area (Å²) in [6, 6.07) is 0. The van der Waals surface area contributed by atoms with Crippen molar-refractivity contribution >= 4 is 13.3 Å². The minimum absolute atomic E-state index is 0.183. The second kappa shape index (κ2) is 28.5. The molecule has 44 heavy (non-hydrogen) atoms. The fourth-order valence-corrected chi connectivity index (χ4v) is 6.32. The van der Waals surface area contributed by atoms with Gasteiger partial charge in [0.15, 0.2) is 0 Å². The molecule has 8 heteroatoms. The van der Waals surface area contributed by atoms with E-state index in [0.717, 1.165) is 128 Å². The standard InChI is InChI=1S/C36H70O7P/c1-8-13-18-23-28-39-35(40-29-24-19-14-9-2,41-30-25-20-15-10-3)36(42-31-26-21-16-11-4,43-32-27-22-17-12-5)44(38)34(37)33(6)7/h6,8-32H2,1-5,7H3/q+1. The highest BCUT2D eigenvalue weighted by Crippen LogP contribution is 2.53. The first-order valence-corrected chi connectivity index (χ1v) is 19.4. The number of unbranched alkanes of at least 4 members (excludes halogenated alkanes) is 15. The molecule has 0 aromatic rings. The summed E-state index contributed by atoms with van der Waals surface area (Å²) >= 11 is 0. The van der Waals surface area contributed by atoms with E-state index in [1.807, 2.05) is 0 Å². The van der Waals surface area contributed by atoms with Crippen LogP contribution in [0.15, 0.2) is 12.2 Å². The highest BCUT2D eigenvalue weighted by Gasteiger charge is 2.75. The number of rotatable bonds is 34. The van der Waals surface area contributed by atoms with E-state index in [1.54, 1.807) is 6.92 Å². The minimum atomic E-state index is -2.86. The lowest BCUT2D eigenvalue weighted by Gasteiger charge is -2.40. The normalized spacial score (nSPS) is 12.5. The molecule has 0 saturated carbocycles. The maximum absolute atomic E-state index is 14.5. The molecule has 0 aliphatic rings. The number of hydrogen-bond donors (Lipinski definition) is 0. The average Bonchev–Trinajstić information content (AvgIpc) is 3.02. The van der Waals surface area contributed by atoms with Crippen molar-refractivity contribution in [3.63, 3.8) is 0 Å². The van der Waals surface area contributed by atoms with Crippen molar-refractivity contribution in [1.29, 1.82) is 0 Å². The molecule has 1 atom stereocenters. The molecule has 0 heterocycles. The van der Waals surface area contributed by atoms with Gasteiger partial charge in [-0.1, -0.05) is 142 Å². The van der Waals surface area contributed by atoms with Gasteiger partial charge in [-0.3, -0.25) is 0 Å². The Kier molecular flexibility index (Phi) is 28.1. The summed E-state index contributed by atoms with van der Waals surface area (Å²) in [5.41, 5.74) is -2.48. The molecule has 0 saturated heterocycles. The lowest BCUT2D eigenvalue weighted by molar-refractivity contribution is -0.472. The molecule has 0 spiro atoms. The Morgan fingerprint density at radius 3 is 1.02 bits per heavy atom. The van der Waals surface area contributed by atoms with Crippen molar-refractivity contribution in [3.8, 4) is 0 Å². The number of hydrogen-bond acceptors (Lipinski definition) is 7. The predicted octanol–water partition coefficient (Wildman–Crippen LogP) is 11.2.